The number of nitrogens with two attached hydrogens (primary N) is 1. The summed E-state index contributed by atoms with van der Waals surface area (Å²) < 4.78 is 4.90. The van der Waals surface area contributed by atoms with Crippen LogP contribution in [0.5, 0.6) is 0 Å². The molecule has 0 spiro atoms. The van der Waals surface area contributed by atoms with E-state index in [1.807, 2.05) is 0 Å². The quantitative estimate of drug-likeness (QED) is 0.792. The fourth-order valence-electron chi connectivity index (χ4n) is 1.96. The van der Waals surface area contributed by atoms with Crippen LogP contribution in [-0.2, 0) is 0 Å². The molecule has 0 radical (unpaired) electrons. The highest BCUT2D eigenvalue weighted by Gasteiger charge is 2.26. The van der Waals surface area contributed by atoms with Gasteiger partial charge in [-0.05, 0) is 18.9 Å². The van der Waals surface area contributed by atoms with Gasteiger partial charge in [-0.3, -0.25) is 4.79 Å². The van der Waals surface area contributed by atoms with Crippen LogP contribution in [0.3, 0.4) is 0 Å². The Morgan fingerprint density at radius 2 is 2.44 bits per heavy atom. The van der Waals surface area contributed by atoms with Crippen molar-refractivity contribution in [3.05, 3.63) is 24.2 Å². The van der Waals surface area contributed by atoms with Crippen molar-refractivity contribution in [3.63, 3.8) is 0 Å². The molecule has 0 bridgehead atoms. The van der Waals surface area contributed by atoms with E-state index < -0.39 is 0 Å². The molecule has 1 saturated heterocycles. The van der Waals surface area contributed by atoms with Gasteiger partial charge >= 0.3 is 0 Å². The maximum atomic E-state index is 12.0. The van der Waals surface area contributed by atoms with Crippen LogP contribution in [0.1, 0.15) is 23.2 Å². The Labute approximate surface area is 99.4 Å². The Morgan fingerprint density at radius 3 is 3.06 bits per heavy atom. The molecule has 4 nitrogen and oxygen atoms in total. The van der Waals surface area contributed by atoms with E-state index in [0.717, 1.165) is 19.4 Å². The van der Waals surface area contributed by atoms with Gasteiger partial charge in [0.05, 0.1) is 16.8 Å². The van der Waals surface area contributed by atoms with Crippen LogP contribution in [-0.4, -0.2) is 28.9 Å². The Balaban J connectivity index is 2.05. The van der Waals surface area contributed by atoms with Gasteiger partial charge in [0.2, 0.25) is 0 Å². The number of amides is 1. The van der Waals surface area contributed by atoms with E-state index in [4.69, 9.17) is 22.4 Å². The van der Waals surface area contributed by atoms with Gasteiger partial charge in [0.1, 0.15) is 6.26 Å². The van der Waals surface area contributed by atoms with E-state index >= 15 is 0 Å². The van der Waals surface area contributed by atoms with E-state index in [9.17, 15) is 4.79 Å². The van der Waals surface area contributed by atoms with Crippen molar-refractivity contribution in [2.75, 3.05) is 13.1 Å². The summed E-state index contributed by atoms with van der Waals surface area (Å²) in [5, 5.41) is 0. The lowest BCUT2D eigenvalue weighted by atomic mass is 9.98. The molecule has 2 rings (SSSR count). The fourth-order valence-corrected chi connectivity index (χ4v) is 2.15. The minimum Gasteiger partial charge on any atom is -0.472 e. The number of carbonyl (C=O) groups excluding carboxylic acids is 1. The Bertz CT molecular complexity index is 389. The van der Waals surface area contributed by atoms with Crippen LogP contribution >= 0.6 is 12.2 Å². The third kappa shape index (κ3) is 2.24. The highest BCUT2D eigenvalue weighted by molar-refractivity contribution is 7.80. The molecule has 1 fully saturated rings. The van der Waals surface area contributed by atoms with Crippen molar-refractivity contribution < 1.29 is 9.21 Å². The molecule has 86 valence electrons. The van der Waals surface area contributed by atoms with Gasteiger partial charge in [0.25, 0.3) is 5.91 Å². The minimum atomic E-state index is -0.00491. The van der Waals surface area contributed by atoms with Crippen molar-refractivity contribution in [3.8, 4) is 0 Å². The first-order valence-corrected chi connectivity index (χ1v) is 5.70. The summed E-state index contributed by atoms with van der Waals surface area (Å²) in [6.45, 7) is 1.39. The van der Waals surface area contributed by atoms with Gasteiger partial charge < -0.3 is 15.1 Å². The molecule has 2 heterocycles. The zero-order valence-electron chi connectivity index (χ0n) is 8.89. The molecule has 1 unspecified atom stereocenters. The number of carbonyl (C=O) groups is 1. The van der Waals surface area contributed by atoms with E-state index in [1.54, 1.807) is 11.0 Å². The summed E-state index contributed by atoms with van der Waals surface area (Å²) in [6.07, 6.45) is 4.89. The molecule has 16 heavy (non-hydrogen) atoms. The summed E-state index contributed by atoms with van der Waals surface area (Å²) in [6, 6.07) is 1.67. The van der Waals surface area contributed by atoms with Crippen molar-refractivity contribution in [2.24, 2.45) is 11.7 Å². The maximum Gasteiger partial charge on any atom is 0.257 e. The Morgan fingerprint density at radius 1 is 1.62 bits per heavy atom. The van der Waals surface area contributed by atoms with Gasteiger partial charge in [-0.25, -0.2) is 0 Å². The molecule has 5 heteroatoms. The second-order valence-corrected chi connectivity index (χ2v) is 4.48. The number of thiocarbonyl (C=S) groups is 1. The van der Waals surface area contributed by atoms with Crippen LogP contribution in [0, 0.1) is 5.92 Å². The highest BCUT2D eigenvalue weighted by atomic mass is 32.1. The third-order valence-corrected chi connectivity index (χ3v) is 3.21. The van der Waals surface area contributed by atoms with Gasteiger partial charge in [-0.2, -0.15) is 0 Å². The zero-order valence-corrected chi connectivity index (χ0v) is 9.70. The van der Waals surface area contributed by atoms with Crippen LogP contribution in [0.2, 0.25) is 0 Å². The zero-order chi connectivity index (χ0) is 11.5. The van der Waals surface area contributed by atoms with Crippen molar-refractivity contribution in [2.45, 2.75) is 12.8 Å². The first kappa shape index (κ1) is 11.1. The van der Waals surface area contributed by atoms with Gasteiger partial charge in [0.15, 0.2) is 0 Å². The lowest BCUT2D eigenvalue weighted by molar-refractivity contribution is 0.0703. The van der Waals surface area contributed by atoms with Gasteiger partial charge in [0, 0.05) is 19.0 Å². The van der Waals surface area contributed by atoms with Crippen molar-refractivity contribution in [1.82, 2.24) is 4.90 Å². The monoisotopic (exact) mass is 238 g/mol. The largest absolute Gasteiger partial charge is 0.472 e. The fraction of sp³-hybridized carbons (Fsp3) is 0.455. The highest BCUT2D eigenvalue weighted by Crippen LogP contribution is 2.18. The first-order valence-electron chi connectivity index (χ1n) is 5.29. The molecule has 0 aliphatic carbocycles. The van der Waals surface area contributed by atoms with Crippen molar-refractivity contribution in [1.29, 1.82) is 0 Å². The lowest BCUT2D eigenvalue weighted by Crippen LogP contribution is -2.43. The van der Waals surface area contributed by atoms with E-state index in [1.165, 1.54) is 12.5 Å². The van der Waals surface area contributed by atoms with Gasteiger partial charge in [-0.1, -0.05) is 12.2 Å². The predicted molar refractivity (Wildman–Crippen MR) is 64.1 cm³/mol. The van der Waals surface area contributed by atoms with Crippen LogP contribution in [0.25, 0.3) is 0 Å². The van der Waals surface area contributed by atoms with E-state index in [-0.39, 0.29) is 11.8 Å². The number of likely N-dealkylation sites (tertiary alicyclic amines) is 1. The van der Waals surface area contributed by atoms with Crippen LogP contribution in [0.4, 0.5) is 0 Å². The molecule has 1 aromatic heterocycles. The first-order chi connectivity index (χ1) is 7.68. The molecule has 1 aliphatic heterocycles. The Kier molecular flexibility index (Phi) is 3.24. The molecular formula is C11H14N2O2S. The summed E-state index contributed by atoms with van der Waals surface area (Å²) >= 11 is 4.98. The summed E-state index contributed by atoms with van der Waals surface area (Å²) in [5.74, 6) is 0.148. The average Bonchev–Trinajstić information content (AvgIpc) is 2.81. The number of hydrogen-bond donors (Lipinski definition) is 1. The molecule has 2 N–H and O–H groups in total. The maximum absolute atomic E-state index is 12.0. The van der Waals surface area contributed by atoms with E-state index in [2.05, 4.69) is 0 Å². The molecule has 0 aromatic carbocycles. The van der Waals surface area contributed by atoms with Crippen LogP contribution < -0.4 is 5.73 Å². The smallest absolute Gasteiger partial charge is 0.257 e. The molecule has 1 amide bonds. The topological polar surface area (TPSA) is 59.5 Å². The second kappa shape index (κ2) is 4.65. The summed E-state index contributed by atoms with van der Waals surface area (Å²) in [4.78, 5) is 14.3. The molecule has 1 aliphatic rings. The molecule has 1 atom stereocenters. The average molecular weight is 238 g/mol. The molecular weight excluding hydrogens is 224 g/mol. The number of rotatable bonds is 2. The lowest BCUT2D eigenvalue weighted by Gasteiger charge is -2.31. The second-order valence-electron chi connectivity index (χ2n) is 4.00. The minimum absolute atomic E-state index is 0.00491. The summed E-state index contributed by atoms with van der Waals surface area (Å²) in [7, 11) is 0. The summed E-state index contributed by atoms with van der Waals surface area (Å²) in [5.41, 5.74) is 6.21. The third-order valence-electron chi connectivity index (χ3n) is 2.88. The van der Waals surface area contributed by atoms with Crippen molar-refractivity contribution >= 4 is 23.1 Å². The standard InChI is InChI=1S/C11H14N2O2S/c12-10(16)8-2-1-4-13(6-8)11(14)9-3-5-15-7-9/h3,5,7-8H,1-2,4,6H2,(H2,12,16). The molecule has 0 saturated carbocycles. The number of nitrogens with zero attached hydrogens (tertiary/aromatic N) is 1. The SMILES string of the molecule is NC(=S)C1CCCN(C(=O)c2ccoc2)C1. The van der Waals surface area contributed by atoms with Crippen LogP contribution in [0.15, 0.2) is 23.0 Å². The number of piperidine rings is 1. The Hall–Kier alpha value is -1.36. The number of furan rings is 1. The predicted octanol–water partition coefficient (Wildman–Crippen LogP) is 1.42. The molecule has 1 aromatic rings. The number of hydrogen-bond acceptors (Lipinski definition) is 3. The van der Waals surface area contributed by atoms with E-state index in [0.29, 0.717) is 17.1 Å². The van der Waals surface area contributed by atoms with Gasteiger partial charge in [-0.15, -0.1) is 0 Å². The normalized spacial score (nSPS) is 20.8.